The van der Waals surface area contributed by atoms with Gasteiger partial charge in [0, 0.05) is 24.6 Å². The molecule has 4 N–H and O–H groups in total. The lowest BCUT2D eigenvalue weighted by Crippen LogP contribution is -2.48. The Morgan fingerprint density at radius 1 is 0.930 bits per heavy atom. The summed E-state index contributed by atoms with van der Waals surface area (Å²) in [5.74, 6) is 7.35. The van der Waals surface area contributed by atoms with Gasteiger partial charge >= 0.3 is 0 Å². The van der Waals surface area contributed by atoms with Gasteiger partial charge in [-0.1, -0.05) is 76.3 Å². The molecule has 1 saturated carbocycles. The van der Waals surface area contributed by atoms with Crippen molar-refractivity contribution in [2.24, 2.45) is 17.8 Å². The fourth-order valence-electron chi connectivity index (χ4n) is 5.87. The van der Waals surface area contributed by atoms with Crippen molar-refractivity contribution in [1.29, 1.82) is 0 Å². The Kier molecular flexibility index (Phi) is 13.5. The van der Waals surface area contributed by atoms with Gasteiger partial charge in [-0.25, -0.2) is 19.2 Å². The van der Waals surface area contributed by atoms with Gasteiger partial charge in [0.1, 0.15) is 35.2 Å². The van der Waals surface area contributed by atoms with E-state index in [1.54, 1.807) is 12.0 Å². The van der Waals surface area contributed by atoms with E-state index in [9.17, 15) is 24.0 Å². The second kappa shape index (κ2) is 17.6. The lowest BCUT2D eigenvalue weighted by atomic mass is 9.84. The maximum absolute atomic E-state index is 12.9. The van der Waals surface area contributed by atoms with Crippen LogP contribution in [-0.4, -0.2) is 54.3 Å². The van der Waals surface area contributed by atoms with Gasteiger partial charge < -0.3 is 21.3 Å². The third kappa shape index (κ3) is 10.4. The summed E-state index contributed by atoms with van der Waals surface area (Å²) in [4.78, 5) is 60.3. The quantitative estimate of drug-likeness (QED) is 0.182. The first-order valence-corrected chi connectivity index (χ1v) is 15.1. The molecule has 1 aromatic carbocycles. The van der Waals surface area contributed by atoms with Crippen molar-refractivity contribution < 1.29 is 24.0 Å². The third-order valence-electron chi connectivity index (χ3n) is 8.17. The van der Waals surface area contributed by atoms with Crippen LogP contribution in [0.3, 0.4) is 0 Å². The van der Waals surface area contributed by atoms with Gasteiger partial charge in [-0.15, -0.1) is 0 Å². The Balaban J connectivity index is 1.82. The number of allylic oxidation sites excluding steroid dienone is 1. The van der Waals surface area contributed by atoms with Crippen molar-refractivity contribution in [3.05, 3.63) is 65.1 Å². The Morgan fingerprint density at radius 3 is 2.28 bits per heavy atom. The Morgan fingerprint density at radius 2 is 1.65 bits per heavy atom. The van der Waals surface area contributed by atoms with E-state index in [4.69, 9.17) is 0 Å². The van der Waals surface area contributed by atoms with Gasteiger partial charge in [-0.2, -0.15) is 0 Å². The average Bonchev–Trinajstić information content (AvgIpc) is 3.48. The number of amides is 1. The molecule has 9 nitrogen and oxygen atoms in total. The molecule has 1 amide bonds. The first-order chi connectivity index (χ1) is 20.9. The number of hydrogen-bond donors (Lipinski definition) is 4. The van der Waals surface area contributed by atoms with E-state index < -0.39 is 18.1 Å². The van der Waals surface area contributed by atoms with Crippen molar-refractivity contribution in [3.8, 4) is 0 Å². The predicted molar refractivity (Wildman–Crippen MR) is 166 cm³/mol. The van der Waals surface area contributed by atoms with E-state index in [0.29, 0.717) is 37.4 Å². The zero-order valence-electron chi connectivity index (χ0n) is 25.0. The molecule has 2 fully saturated rings. The number of rotatable bonds is 15. The second-order valence-corrected chi connectivity index (χ2v) is 11.6. The molecule has 3 rings (SSSR count). The molecule has 0 bridgehead atoms. The maximum atomic E-state index is 12.9. The van der Waals surface area contributed by atoms with Crippen molar-refractivity contribution in [3.63, 3.8) is 0 Å². The summed E-state index contributed by atoms with van der Waals surface area (Å²) in [6.07, 6.45) is 11.4. The van der Waals surface area contributed by atoms with Crippen LogP contribution in [0.1, 0.15) is 70.8 Å². The molecule has 9 heteroatoms. The van der Waals surface area contributed by atoms with Crippen LogP contribution >= 0.6 is 0 Å². The molecule has 1 saturated heterocycles. The van der Waals surface area contributed by atoms with E-state index in [2.05, 4.69) is 21.3 Å². The van der Waals surface area contributed by atoms with Crippen molar-refractivity contribution in [2.45, 2.75) is 83.3 Å². The zero-order valence-corrected chi connectivity index (χ0v) is 25.0. The third-order valence-corrected chi connectivity index (χ3v) is 8.17. The summed E-state index contributed by atoms with van der Waals surface area (Å²) in [7, 11) is 0. The molecule has 0 aromatic heterocycles. The van der Waals surface area contributed by atoms with E-state index in [-0.39, 0.29) is 29.1 Å². The highest BCUT2D eigenvalue weighted by atomic mass is 16.1. The van der Waals surface area contributed by atoms with E-state index in [1.165, 1.54) is 12.2 Å². The maximum Gasteiger partial charge on any atom is 0.244 e. The van der Waals surface area contributed by atoms with Crippen LogP contribution in [0.25, 0.3) is 6.08 Å². The van der Waals surface area contributed by atoms with Crippen LogP contribution < -0.4 is 21.3 Å². The molecule has 2 aliphatic rings. The van der Waals surface area contributed by atoms with E-state index >= 15 is 0 Å². The molecule has 0 radical (unpaired) electrons. The van der Waals surface area contributed by atoms with E-state index in [0.717, 1.165) is 37.7 Å². The van der Waals surface area contributed by atoms with Gasteiger partial charge in [0.05, 0.1) is 23.8 Å². The topological polar surface area (TPSA) is 133 Å². The van der Waals surface area contributed by atoms with Crippen LogP contribution in [0.5, 0.6) is 0 Å². The summed E-state index contributed by atoms with van der Waals surface area (Å²) in [6, 6.07) is 7.48. The summed E-state index contributed by atoms with van der Waals surface area (Å²) in [6.45, 7) is 4.40. The monoisotopic (exact) mass is 586 g/mol. The highest BCUT2D eigenvalue weighted by Crippen LogP contribution is 2.29. The molecule has 1 aromatic rings. The molecule has 1 heterocycles. The molecule has 0 spiro atoms. The number of nitrogens with one attached hydrogen (secondary N) is 4. The average molecular weight is 587 g/mol. The zero-order chi connectivity index (χ0) is 31.0. The summed E-state index contributed by atoms with van der Waals surface area (Å²) >= 11 is 0. The molecular weight excluding hydrogens is 544 g/mol. The minimum absolute atomic E-state index is 0.125. The number of benzene rings is 1. The van der Waals surface area contributed by atoms with Gasteiger partial charge in [-0.3, -0.25) is 4.79 Å². The minimum atomic E-state index is -0.692. The predicted octanol–water partition coefficient (Wildman–Crippen LogP) is 3.26. The van der Waals surface area contributed by atoms with E-state index in [1.807, 2.05) is 62.0 Å². The van der Waals surface area contributed by atoms with Gasteiger partial charge in [0.15, 0.2) is 0 Å². The van der Waals surface area contributed by atoms with Crippen LogP contribution in [0.2, 0.25) is 0 Å². The number of carbonyl (C=O) groups excluding carboxylic acids is 5. The molecular formula is C34H42N4O5. The first kappa shape index (κ1) is 33.1. The highest BCUT2D eigenvalue weighted by Gasteiger charge is 2.30. The molecule has 1 aliphatic carbocycles. The number of hydrogen-bond acceptors (Lipinski definition) is 8. The molecule has 43 heavy (non-hydrogen) atoms. The molecule has 0 unspecified atom stereocenters. The molecule has 4 atom stereocenters. The Bertz CT molecular complexity index is 1310. The molecule has 228 valence electrons. The summed E-state index contributed by atoms with van der Waals surface area (Å²) < 4.78 is 0. The fourth-order valence-corrected chi connectivity index (χ4v) is 5.87. The van der Waals surface area contributed by atoms with Gasteiger partial charge in [-0.05, 0) is 42.7 Å². The van der Waals surface area contributed by atoms with Crippen molar-refractivity contribution >= 4 is 35.7 Å². The standard InChI is InChI=1S/C34H42N4O5/c1-24(2)34(38-33(43)14-13-25-9-5-3-6-10-25)32(23-42)37-29(19-26-11-7-4-8-12-26)31(22-41)36-28(16-18-39)20-27-15-17-35-30(27)21-40/h3,5-6,9-10,13-14,16,24,26-29,34-37H,4,7-8,11-12,15,17,19-20H2,1-2H3,(H,38,43)/t27-,28+,29-,34-/m0/s1. The van der Waals surface area contributed by atoms with Crippen LogP contribution in [0.15, 0.2) is 59.6 Å². The van der Waals surface area contributed by atoms with Gasteiger partial charge in [0.25, 0.3) is 0 Å². The summed E-state index contributed by atoms with van der Waals surface area (Å²) in [5, 5.41) is 12.3. The largest absolute Gasteiger partial charge is 0.379 e. The van der Waals surface area contributed by atoms with Gasteiger partial charge in [0.2, 0.25) is 5.91 Å². The van der Waals surface area contributed by atoms with Crippen LogP contribution in [0.4, 0.5) is 0 Å². The minimum Gasteiger partial charge on any atom is -0.379 e. The summed E-state index contributed by atoms with van der Waals surface area (Å²) in [5.41, 5.74) is 1.60. The Hall–Kier alpha value is -4.37. The SMILES string of the molecule is CC(C)[C@H](NC(=O)C=Cc1ccccc1)C(=C=O)N[C@@H](CC1CCCCC1)C(=C=O)N[C@H](C=C=O)C[C@@H]1CCNC1=C=O. The smallest absolute Gasteiger partial charge is 0.244 e. The van der Waals surface area contributed by atoms with Crippen molar-refractivity contribution in [2.75, 3.05) is 6.54 Å². The lowest BCUT2D eigenvalue weighted by molar-refractivity contribution is -0.117. The highest BCUT2D eigenvalue weighted by molar-refractivity contribution is 5.92. The number of carbonyl (C=O) groups is 1. The lowest BCUT2D eigenvalue weighted by Gasteiger charge is -2.32. The van der Waals surface area contributed by atoms with Crippen molar-refractivity contribution in [1.82, 2.24) is 21.3 Å². The van der Waals surface area contributed by atoms with Crippen LogP contribution in [-0.2, 0) is 24.0 Å². The second-order valence-electron chi connectivity index (χ2n) is 11.6. The normalized spacial score (nSPS) is 18.7. The van der Waals surface area contributed by atoms with Crippen LogP contribution in [0, 0.1) is 17.8 Å². The fraction of sp³-hybridized carbons (Fsp3) is 0.500. The Labute approximate surface area is 253 Å². The first-order valence-electron chi connectivity index (χ1n) is 15.1. The molecule has 1 aliphatic heterocycles.